The van der Waals surface area contributed by atoms with Crippen LogP contribution in [-0.2, 0) is 4.74 Å². The van der Waals surface area contributed by atoms with Gasteiger partial charge < -0.3 is 19.6 Å². The number of carbonyl (C=O) groups is 1. The van der Waals surface area contributed by atoms with Crippen LogP contribution >= 0.6 is 0 Å². The summed E-state index contributed by atoms with van der Waals surface area (Å²) in [7, 11) is 3.67. The highest BCUT2D eigenvalue weighted by Crippen LogP contribution is 2.26. The number of nitrogens with zero attached hydrogens (tertiary/aromatic N) is 3. The molecule has 27 heavy (non-hydrogen) atoms. The number of rotatable bonds is 7. The van der Waals surface area contributed by atoms with Crippen LogP contribution in [0, 0.1) is 17.7 Å². The van der Waals surface area contributed by atoms with E-state index in [1.165, 1.54) is 6.07 Å². The molecule has 0 bridgehead atoms. The molecule has 0 radical (unpaired) electrons. The van der Waals surface area contributed by atoms with Crippen molar-refractivity contribution in [1.29, 1.82) is 0 Å². The summed E-state index contributed by atoms with van der Waals surface area (Å²) in [6.45, 7) is 3.28. The molecule has 0 saturated carbocycles. The molecule has 1 saturated heterocycles. The van der Waals surface area contributed by atoms with Crippen molar-refractivity contribution in [3.63, 3.8) is 0 Å². The van der Waals surface area contributed by atoms with Gasteiger partial charge in [-0.1, -0.05) is 18.2 Å². The number of carbonyl (C=O) groups excluding carboxylic acids is 1. The summed E-state index contributed by atoms with van der Waals surface area (Å²) in [4.78, 5) is 21.0. The highest BCUT2D eigenvalue weighted by Gasteiger charge is 2.36. The molecule has 2 atom stereocenters. The van der Waals surface area contributed by atoms with Gasteiger partial charge in [0, 0.05) is 51.2 Å². The predicted molar refractivity (Wildman–Crippen MR) is 101 cm³/mol. The molecule has 0 aliphatic carbocycles. The zero-order chi connectivity index (χ0) is 19.4. The number of aromatic nitrogens is 1. The zero-order valence-electron chi connectivity index (χ0n) is 15.8. The minimum absolute atomic E-state index is 0.0242. The number of hydrogen-bond donors (Lipinski definition) is 1. The topological polar surface area (TPSA) is 65.9 Å². The summed E-state index contributed by atoms with van der Waals surface area (Å²) in [5.41, 5.74) is 0.440. The third-order valence-corrected chi connectivity index (χ3v) is 5.21. The first-order chi connectivity index (χ1) is 13.0. The third-order valence-electron chi connectivity index (χ3n) is 5.21. The fraction of sp³-hybridized carbons (Fsp3) is 0.500. The van der Waals surface area contributed by atoms with Crippen molar-refractivity contribution in [2.24, 2.45) is 11.8 Å². The number of likely N-dealkylation sites (N-methyl/N-ethyl adjacent to an activating group) is 1. The Hall–Kier alpha value is -2.09. The molecule has 1 amide bonds. The second-order valence-corrected chi connectivity index (χ2v) is 7.18. The molecule has 1 aromatic carbocycles. The Kier molecular flexibility index (Phi) is 6.36. The van der Waals surface area contributed by atoms with Crippen LogP contribution in [0.15, 0.2) is 30.3 Å². The number of aliphatic hydroxyl groups excluding tert-OH is 1. The number of halogens is 1. The molecule has 0 unspecified atom stereocenters. The van der Waals surface area contributed by atoms with Crippen molar-refractivity contribution >= 4 is 16.8 Å². The van der Waals surface area contributed by atoms with E-state index >= 15 is 0 Å². The first-order valence-electron chi connectivity index (χ1n) is 9.16. The molecule has 1 aliphatic heterocycles. The molecule has 146 valence electrons. The zero-order valence-corrected chi connectivity index (χ0v) is 15.8. The standard InChI is InChI=1S/C20H26FN3O3/c1-23(8-9-27-2)10-15-11-24(12-16(15)13-25)20(26)18-7-6-14-4-3-5-17(21)19(14)22-18/h3-7,15-16,25H,8-13H2,1-2H3/t15-,16-/m1/s1. The Morgan fingerprint density at radius 1 is 1.33 bits per heavy atom. The van der Waals surface area contributed by atoms with E-state index in [9.17, 15) is 14.3 Å². The largest absolute Gasteiger partial charge is 0.396 e. The van der Waals surface area contributed by atoms with Crippen LogP contribution < -0.4 is 0 Å². The van der Waals surface area contributed by atoms with E-state index in [0.29, 0.717) is 25.1 Å². The van der Waals surface area contributed by atoms with Gasteiger partial charge in [-0.3, -0.25) is 4.79 Å². The molecule has 1 aliphatic rings. The Labute approximate surface area is 158 Å². The number of amides is 1. The molecule has 1 aromatic heterocycles. The van der Waals surface area contributed by atoms with Crippen LogP contribution in [0.1, 0.15) is 10.5 Å². The molecule has 3 rings (SSSR count). The molecule has 2 aromatic rings. The van der Waals surface area contributed by atoms with E-state index in [2.05, 4.69) is 9.88 Å². The predicted octanol–water partition coefficient (Wildman–Crippen LogP) is 1.63. The van der Waals surface area contributed by atoms with Gasteiger partial charge in [-0.25, -0.2) is 9.37 Å². The lowest BCUT2D eigenvalue weighted by atomic mass is 9.96. The normalized spacial score (nSPS) is 20.0. The van der Waals surface area contributed by atoms with Crippen molar-refractivity contribution in [2.75, 3.05) is 53.6 Å². The van der Waals surface area contributed by atoms with Crippen molar-refractivity contribution in [3.05, 3.63) is 41.8 Å². The van der Waals surface area contributed by atoms with Crippen LogP contribution in [0.25, 0.3) is 10.9 Å². The van der Waals surface area contributed by atoms with Crippen molar-refractivity contribution in [3.8, 4) is 0 Å². The van der Waals surface area contributed by atoms with E-state index in [1.54, 1.807) is 36.3 Å². The van der Waals surface area contributed by atoms with Crippen molar-refractivity contribution in [2.45, 2.75) is 0 Å². The number of para-hydroxylation sites is 1. The molecule has 0 spiro atoms. The Morgan fingerprint density at radius 2 is 2.11 bits per heavy atom. The lowest BCUT2D eigenvalue weighted by Gasteiger charge is -2.23. The van der Waals surface area contributed by atoms with Gasteiger partial charge in [0.2, 0.25) is 0 Å². The van der Waals surface area contributed by atoms with Gasteiger partial charge in [0.25, 0.3) is 5.91 Å². The quantitative estimate of drug-likeness (QED) is 0.797. The van der Waals surface area contributed by atoms with Crippen molar-refractivity contribution < 1.29 is 19.0 Å². The molecule has 1 fully saturated rings. The van der Waals surface area contributed by atoms with E-state index in [1.807, 2.05) is 7.05 Å². The monoisotopic (exact) mass is 375 g/mol. The van der Waals surface area contributed by atoms with Gasteiger partial charge in [0.15, 0.2) is 0 Å². The number of hydrogen-bond acceptors (Lipinski definition) is 5. The lowest BCUT2D eigenvalue weighted by molar-refractivity contribution is 0.0773. The number of ether oxygens (including phenoxy) is 1. The Balaban J connectivity index is 1.72. The first-order valence-corrected chi connectivity index (χ1v) is 9.16. The van der Waals surface area contributed by atoms with Gasteiger partial charge in [0.05, 0.1) is 6.61 Å². The first kappa shape index (κ1) is 19.7. The second-order valence-electron chi connectivity index (χ2n) is 7.18. The highest BCUT2D eigenvalue weighted by atomic mass is 19.1. The molecule has 6 nitrogen and oxygen atoms in total. The Bertz CT molecular complexity index is 801. The fourth-order valence-electron chi connectivity index (χ4n) is 3.65. The van der Waals surface area contributed by atoms with Crippen LogP contribution in [0.2, 0.25) is 0 Å². The second kappa shape index (κ2) is 8.73. The van der Waals surface area contributed by atoms with Crippen LogP contribution in [0.5, 0.6) is 0 Å². The molecule has 2 heterocycles. The molecular weight excluding hydrogens is 349 g/mol. The maximum atomic E-state index is 14.0. The van der Waals surface area contributed by atoms with E-state index < -0.39 is 5.82 Å². The average molecular weight is 375 g/mol. The fourth-order valence-corrected chi connectivity index (χ4v) is 3.65. The van der Waals surface area contributed by atoms with E-state index in [0.717, 1.165) is 13.1 Å². The van der Waals surface area contributed by atoms with E-state index in [4.69, 9.17) is 4.74 Å². The summed E-state index contributed by atoms with van der Waals surface area (Å²) >= 11 is 0. The molecule has 7 heteroatoms. The summed E-state index contributed by atoms with van der Waals surface area (Å²) < 4.78 is 19.1. The number of likely N-dealkylation sites (tertiary alicyclic amines) is 1. The number of fused-ring (bicyclic) bond motifs is 1. The SMILES string of the molecule is COCCN(C)C[C@@H]1CN(C(=O)c2ccc3cccc(F)c3n2)C[C@@H]1CO. The van der Waals surface area contributed by atoms with Gasteiger partial charge in [-0.05, 0) is 25.1 Å². The average Bonchev–Trinajstić information content (AvgIpc) is 3.08. The minimum atomic E-state index is -0.436. The van der Waals surface area contributed by atoms with E-state index in [-0.39, 0.29) is 35.6 Å². The smallest absolute Gasteiger partial charge is 0.272 e. The molecular formula is C20H26FN3O3. The number of benzene rings is 1. The van der Waals surface area contributed by atoms with Crippen LogP contribution in [-0.4, -0.2) is 79.3 Å². The van der Waals surface area contributed by atoms with Gasteiger partial charge in [0.1, 0.15) is 17.0 Å². The number of methoxy groups -OCH3 is 1. The minimum Gasteiger partial charge on any atom is -0.396 e. The maximum absolute atomic E-state index is 14.0. The molecule has 1 N–H and O–H groups in total. The summed E-state index contributed by atoms with van der Waals surface area (Å²) in [5.74, 6) is -0.454. The number of aliphatic hydroxyl groups is 1. The van der Waals surface area contributed by atoms with Gasteiger partial charge in [-0.15, -0.1) is 0 Å². The van der Waals surface area contributed by atoms with Crippen LogP contribution in [0.3, 0.4) is 0 Å². The summed E-state index contributed by atoms with van der Waals surface area (Å²) in [6, 6.07) is 8.08. The highest BCUT2D eigenvalue weighted by molar-refractivity contribution is 5.95. The van der Waals surface area contributed by atoms with Gasteiger partial charge >= 0.3 is 0 Å². The summed E-state index contributed by atoms with van der Waals surface area (Å²) in [5, 5.41) is 10.4. The number of pyridine rings is 1. The lowest BCUT2D eigenvalue weighted by Crippen LogP contribution is -2.34. The van der Waals surface area contributed by atoms with Gasteiger partial charge in [-0.2, -0.15) is 0 Å². The third kappa shape index (κ3) is 4.43. The van der Waals surface area contributed by atoms with Crippen molar-refractivity contribution in [1.82, 2.24) is 14.8 Å². The maximum Gasteiger partial charge on any atom is 0.272 e. The summed E-state index contributed by atoms with van der Waals surface area (Å²) in [6.07, 6.45) is 0. The Morgan fingerprint density at radius 3 is 2.85 bits per heavy atom. The van der Waals surface area contributed by atoms with Crippen LogP contribution in [0.4, 0.5) is 4.39 Å².